The first kappa shape index (κ1) is 22.9. The average Bonchev–Trinajstić information content (AvgIpc) is 2.71. The van der Waals surface area contributed by atoms with Crippen LogP contribution in [0.15, 0.2) is 27.4 Å². The van der Waals surface area contributed by atoms with Crippen LogP contribution in [0.2, 0.25) is 0 Å². The fourth-order valence-electron chi connectivity index (χ4n) is 2.80. The normalized spacial score (nSPS) is 12.8. The summed E-state index contributed by atoms with van der Waals surface area (Å²) in [6, 6.07) is 3.89. The van der Waals surface area contributed by atoms with Crippen LogP contribution in [-0.4, -0.2) is 42.1 Å². The number of hydrogen-bond donors (Lipinski definition) is 3. The van der Waals surface area contributed by atoms with Gasteiger partial charge in [-0.2, -0.15) is 0 Å². The molecule has 30 heavy (non-hydrogen) atoms. The first-order valence-electron chi connectivity index (χ1n) is 9.59. The Labute approximate surface area is 173 Å². The van der Waals surface area contributed by atoms with E-state index < -0.39 is 29.5 Å². The zero-order chi connectivity index (χ0) is 22.4. The van der Waals surface area contributed by atoms with Crippen molar-refractivity contribution in [3.8, 4) is 5.75 Å². The summed E-state index contributed by atoms with van der Waals surface area (Å²) in [5.74, 6) is -2.19. The van der Waals surface area contributed by atoms with Gasteiger partial charge < -0.3 is 24.9 Å². The van der Waals surface area contributed by atoms with Gasteiger partial charge in [0.15, 0.2) is 6.61 Å². The maximum absolute atomic E-state index is 11.9. The Morgan fingerprint density at radius 1 is 1.17 bits per heavy atom. The van der Waals surface area contributed by atoms with Crippen LogP contribution in [0.3, 0.4) is 0 Å². The van der Waals surface area contributed by atoms with Gasteiger partial charge in [0.1, 0.15) is 17.4 Å². The molecule has 0 aliphatic rings. The summed E-state index contributed by atoms with van der Waals surface area (Å²) < 4.78 is 10.6. The molecule has 0 bridgehead atoms. The smallest absolute Gasteiger partial charge is 0.339 e. The van der Waals surface area contributed by atoms with E-state index in [9.17, 15) is 24.3 Å². The zero-order valence-electron chi connectivity index (χ0n) is 17.4. The van der Waals surface area contributed by atoms with Crippen LogP contribution >= 0.6 is 0 Å². The lowest BCUT2D eigenvalue weighted by atomic mass is 9.99. The molecule has 2 rings (SSSR count). The highest BCUT2D eigenvalue weighted by molar-refractivity contribution is 5.88. The lowest BCUT2D eigenvalue weighted by Gasteiger charge is -2.20. The number of carbonyl (C=O) groups is 3. The van der Waals surface area contributed by atoms with Crippen molar-refractivity contribution in [2.45, 2.75) is 40.2 Å². The molecule has 0 aliphatic heterocycles. The van der Waals surface area contributed by atoms with Crippen molar-refractivity contribution in [3.05, 3.63) is 39.7 Å². The average molecular weight is 418 g/mol. The van der Waals surface area contributed by atoms with Crippen LogP contribution in [0, 0.1) is 19.8 Å². The number of ether oxygens (including phenoxy) is 1. The molecule has 1 heterocycles. The van der Waals surface area contributed by atoms with Gasteiger partial charge in [-0.1, -0.05) is 20.3 Å². The largest absolute Gasteiger partial charge is 0.484 e. The van der Waals surface area contributed by atoms with Gasteiger partial charge in [-0.15, -0.1) is 0 Å². The standard InChI is InChI=1S/C21H26N2O7/c1-5-11(2)19(20(26)27)23-17(24)9-22-18(25)10-29-14-6-7-15-12(3)13(4)21(28)30-16(15)8-14/h6-8,11,19H,5,9-10H2,1-4H3,(H,22,25)(H,23,24)(H,26,27). The van der Waals surface area contributed by atoms with Gasteiger partial charge in [0, 0.05) is 17.0 Å². The Bertz CT molecular complexity index is 1010. The SMILES string of the molecule is CCC(C)C(NC(=O)CNC(=O)COc1ccc2c(C)c(C)c(=O)oc2c1)C(=O)O. The van der Waals surface area contributed by atoms with Crippen molar-refractivity contribution in [2.24, 2.45) is 5.92 Å². The number of hydrogen-bond acceptors (Lipinski definition) is 6. The number of fused-ring (bicyclic) bond motifs is 1. The Kier molecular flexibility index (Phi) is 7.57. The molecule has 162 valence electrons. The summed E-state index contributed by atoms with van der Waals surface area (Å²) in [5.41, 5.74) is 1.27. The van der Waals surface area contributed by atoms with Gasteiger partial charge in [-0.3, -0.25) is 9.59 Å². The van der Waals surface area contributed by atoms with E-state index in [0.717, 1.165) is 10.9 Å². The molecule has 1 aromatic carbocycles. The van der Waals surface area contributed by atoms with Gasteiger partial charge >= 0.3 is 11.6 Å². The molecule has 2 atom stereocenters. The monoisotopic (exact) mass is 418 g/mol. The molecule has 0 radical (unpaired) electrons. The Hall–Kier alpha value is -3.36. The lowest BCUT2D eigenvalue weighted by molar-refractivity contribution is -0.143. The van der Waals surface area contributed by atoms with E-state index in [4.69, 9.17) is 9.15 Å². The molecule has 2 unspecified atom stereocenters. The fourth-order valence-corrected chi connectivity index (χ4v) is 2.80. The summed E-state index contributed by atoms with van der Waals surface area (Å²) in [6.07, 6.45) is 0.586. The van der Waals surface area contributed by atoms with Gasteiger partial charge in [0.25, 0.3) is 5.91 Å². The van der Waals surface area contributed by atoms with E-state index in [1.54, 1.807) is 26.0 Å². The predicted octanol–water partition coefficient (Wildman–Crippen LogP) is 1.52. The Morgan fingerprint density at radius 3 is 2.50 bits per heavy atom. The van der Waals surface area contributed by atoms with Gasteiger partial charge in [-0.05, 0) is 37.5 Å². The molecule has 0 fully saturated rings. The topological polar surface area (TPSA) is 135 Å². The number of nitrogens with one attached hydrogen (secondary N) is 2. The van der Waals surface area contributed by atoms with E-state index in [0.29, 0.717) is 23.3 Å². The number of amides is 2. The van der Waals surface area contributed by atoms with Crippen molar-refractivity contribution in [1.82, 2.24) is 10.6 Å². The lowest BCUT2D eigenvalue weighted by Crippen LogP contribution is -2.48. The fraction of sp³-hybridized carbons (Fsp3) is 0.429. The summed E-state index contributed by atoms with van der Waals surface area (Å²) in [4.78, 5) is 46.9. The predicted molar refractivity (Wildman–Crippen MR) is 109 cm³/mol. The third-order valence-electron chi connectivity index (χ3n) is 5.04. The molecule has 9 nitrogen and oxygen atoms in total. The molecule has 2 amide bonds. The maximum Gasteiger partial charge on any atom is 0.339 e. The first-order valence-corrected chi connectivity index (χ1v) is 9.59. The molecule has 0 saturated carbocycles. The summed E-state index contributed by atoms with van der Waals surface area (Å²) in [5, 5.41) is 14.7. The number of carboxylic acids is 1. The molecule has 2 aromatic rings. The molecule has 0 aliphatic carbocycles. The third-order valence-corrected chi connectivity index (χ3v) is 5.04. The summed E-state index contributed by atoms with van der Waals surface area (Å²) in [6.45, 7) is 6.33. The Balaban J connectivity index is 1.90. The number of carbonyl (C=O) groups excluding carboxylic acids is 2. The van der Waals surface area contributed by atoms with Crippen LogP contribution in [-0.2, 0) is 14.4 Å². The molecule has 9 heteroatoms. The van der Waals surface area contributed by atoms with Crippen molar-refractivity contribution in [2.75, 3.05) is 13.2 Å². The van der Waals surface area contributed by atoms with Crippen molar-refractivity contribution >= 4 is 28.8 Å². The second-order valence-corrected chi connectivity index (χ2v) is 7.13. The van der Waals surface area contributed by atoms with E-state index in [1.165, 1.54) is 6.07 Å². The summed E-state index contributed by atoms with van der Waals surface area (Å²) >= 11 is 0. The van der Waals surface area contributed by atoms with Crippen LogP contribution in [0.25, 0.3) is 11.0 Å². The summed E-state index contributed by atoms with van der Waals surface area (Å²) in [7, 11) is 0. The molecule has 3 N–H and O–H groups in total. The number of benzene rings is 1. The van der Waals surface area contributed by atoms with Crippen molar-refractivity contribution < 1.29 is 28.6 Å². The molecular formula is C21H26N2O7. The van der Waals surface area contributed by atoms with E-state index in [-0.39, 0.29) is 19.1 Å². The minimum absolute atomic E-state index is 0.245. The molecular weight excluding hydrogens is 392 g/mol. The molecule has 0 spiro atoms. The van der Waals surface area contributed by atoms with Crippen LogP contribution < -0.4 is 21.0 Å². The van der Waals surface area contributed by atoms with Crippen molar-refractivity contribution in [3.63, 3.8) is 0 Å². The highest BCUT2D eigenvalue weighted by atomic mass is 16.5. The molecule has 1 aromatic heterocycles. The minimum atomic E-state index is -1.12. The minimum Gasteiger partial charge on any atom is -0.484 e. The maximum atomic E-state index is 11.9. The van der Waals surface area contributed by atoms with Gasteiger partial charge in [-0.25, -0.2) is 9.59 Å². The number of aryl methyl sites for hydroxylation is 1. The third kappa shape index (κ3) is 5.59. The van der Waals surface area contributed by atoms with E-state index in [2.05, 4.69) is 10.6 Å². The van der Waals surface area contributed by atoms with Crippen LogP contribution in [0.4, 0.5) is 0 Å². The van der Waals surface area contributed by atoms with Crippen molar-refractivity contribution in [1.29, 1.82) is 0 Å². The first-order chi connectivity index (χ1) is 14.1. The van der Waals surface area contributed by atoms with Gasteiger partial charge in [0.05, 0.1) is 6.54 Å². The zero-order valence-corrected chi connectivity index (χ0v) is 17.4. The second-order valence-electron chi connectivity index (χ2n) is 7.13. The highest BCUT2D eigenvalue weighted by Crippen LogP contribution is 2.23. The van der Waals surface area contributed by atoms with Gasteiger partial charge in [0.2, 0.25) is 5.91 Å². The van der Waals surface area contributed by atoms with Crippen LogP contribution in [0.1, 0.15) is 31.4 Å². The number of rotatable bonds is 9. The highest BCUT2D eigenvalue weighted by Gasteiger charge is 2.25. The van der Waals surface area contributed by atoms with E-state index >= 15 is 0 Å². The number of carboxylic acid groups (broad SMARTS) is 1. The second kappa shape index (κ2) is 9.91. The quantitative estimate of drug-likeness (QED) is 0.526. The number of aliphatic carboxylic acids is 1. The van der Waals surface area contributed by atoms with Crippen LogP contribution in [0.5, 0.6) is 5.75 Å². The van der Waals surface area contributed by atoms with E-state index in [1.807, 2.05) is 13.8 Å². The Morgan fingerprint density at radius 2 is 1.87 bits per heavy atom. The molecule has 0 saturated heterocycles.